The molecule has 0 spiro atoms. The van der Waals surface area contributed by atoms with Crippen molar-refractivity contribution in [3.8, 4) is 5.75 Å². The Bertz CT molecular complexity index is 989. The van der Waals surface area contributed by atoms with E-state index in [0.29, 0.717) is 6.61 Å². The van der Waals surface area contributed by atoms with E-state index in [1.165, 1.54) is 11.1 Å². The molecule has 23 heavy (non-hydrogen) atoms. The van der Waals surface area contributed by atoms with Gasteiger partial charge in [-0.05, 0) is 52.3 Å². The van der Waals surface area contributed by atoms with E-state index >= 15 is 0 Å². The highest BCUT2D eigenvalue weighted by molar-refractivity contribution is 5.61. The van der Waals surface area contributed by atoms with Crippen molar-refractivity contribution < 1.29 is 4.74 Å². The van der Waals surface area contributed by atoms with Crippen molar-refractivity contribution in [3.63, 3.8) is 0 Å². The van der Waals surface area contributed by atoms with Gasteiger partial charge in [0, 0.05) is 10.9 Å². The fraction of sp³-hybridized carbons (Fsp3) is 0.0476. The molecular formula is C21H17NO. The predicted octanol–water partition coefficient (Wildman–Crippen LogP) is 2.82. The lowest BCUT2D eigenvalue weighted by Crippen LogP contribution is -2.25. The summed E-state index contributed by atoms with van der Waals surface area (Å²) in [7, 11) is 0. The summed E-state index contributed by atoms with van der Waals surface area (Å²) in [4.78, 5) is 0. The first-order chi connectivity index (χ1) is 11.3. The minimum Gasteiger partial charge on any atom is -0.488 e. The van der Waals surface area contributed by atoms with Crippen LogP contribution >= 0.6 is 0 Å². The third kappa shape index (κ3) is 2.71. The summed E-state index contributed by atoms with van der Waals surface area (Å²) in [6, 6.07) is 22.4. The maximum Gasteiger partial charge on any atom is 0.127 e. The normalized spacial score (nSPS) is 13.3. The third-order valence-corrected chi connectivity index (χ3v) is 4.07. The van der Waals surface area contributed by atoms with Gasteiger partial charge in [0.2, 0.25) is 0 Å². The molecule has 0 aromatic heterocycles. The van der Waals surface area contributed by atoms with Gasteiger partial charge in [-0.1, -0.05) is 48.5 Å². The lowest BCUT2D eigenvalue weighted by molar-refractivity contribution is 0.305. The van der Waals surface area contributed by atoms with Crippen molar-refractivity contribution in [1.29, 1.82) is 0 Å². The molecule has 2 heteroatoms. The van der Waals surface area contributed by atoms with Gasteiger partial charge in [0.1, 0.15) is 12.4 Å². The highest BCUT2D eigenvalue weighted by atomic mass is 16.5. The zero-order valence-corrected chi connectivity index (χ0v) is 12.7. The maximum atomic E-state index is 6.00. The molecule has 0 fully saturated rings. The Morgan fingerprint density at radius 3 is 2.70 bits per heavy atom. The van der Waals surface area contributed by atoms with Crippen LogP contribution in [0.2, 0.25) is 0 Å². The van der Waals surface area contributed by atoms with Crippen LogP contribution in [-0.2, 0) is 6.61 Å². The lowest BCUT2D eigenvalue weighted by atomic mass is 10.1. The van der Waals surface area contributed by atoms with Gasteiger partial charge in [0.25, 0.3) is 0 Å². The highest BCUT2D eigenvalue weighted by Crippen LogP contribution is 2.16. The molecule has 3 aromatic carbocycles. The van der Waals surface area contributed by atoms with Crippen LogP contribution in [0.15, 0.2) is 66.7 Å². The number of rotatable bonds is 1. The Kier molecular flexibility index (Phi) is 3.35. The molecule has 0 saturated heterocycles. The highest BCUT2D eigenvalue weighted by Gasteiger charge is 2.07. The Hall–Kier alpha value is -3.00. The minimum atomic E-state index is 0.599. The largest absolute Gasteiger partial charge is 0.488 e. The van der Waals surface area contributed by atoms with Crippen molar-refractivity contribution >= 4 is 17.8 Å². The second kappa shape index (κ2) is 5.65. The standard InChI is InChI=1S/C21H17NO/c22-19-9-3-5-15(12-19)11-17-8-4-10-21-20(17)13-16-6-1-2-7-18(16)14-23-21/h1-13H,14,22H2/b17-11+. The number of nitrogen functional groups attached to an aromatic ring is 1. The third-order valence-electron chi connectivity index (χ3n) is 4.07. The first-order valence-corrected chi connectivity index (χ1v) is 7.68. The van der Waals surface area contributed by atoms with E-state index < -0.39 is 0 Å². The number of hydrogen-bond donors (Lipinski definition) is 1. The smallest absolute Gasteiger partial charge is 0.127 e. The molecule has 1 aliphatic rings. The van der Waals surface area contributed by atoms with Crippen molar-refractivity contribution in [2.45, 2.75) is 6.61 Å². The first kappa shape index (κ1) is 13.6. The Morgan fingerprint density at radius 1 is 0.913 bits per heavy atom. The fourth-order valence-corrected chi connectivity index (χ4v) is 2.91. The molecule has 0 unspecified atom stereocenters. The Balaban J connectivity index is 1.97. The van der Waals surface area contributed by atoms with Crippen molar-refractivity contribution in [3.05, 3.63) is 93.9 Å². The maximum absolute atomic E-state index is 6.00. The van der Waals surface area contributed by atoms with Gasteiger partial charge in [-0.15, -0.1) is 0 Å². The molecular weight excluding hydrogens is 282 g/mol. The Labute approximate surface area is 135 Å². The number of anilines is 1. The monoisotopic (exact) mass is 299 g/mol. The van der Waals surface area contributed by atoms with Crippen LogP contribution in [0, 0.1) is 0 Å². The zero-order chi connectivity index (χ0) is 15.6. The topological polar surface area (TPSA) is 35.2 Å². The van der Waals surface area contributed by atoms with Gasteiger partial charge in [0.05, 0.1) is 0 Å². The van der Waals surface area contributed by atoms with Crippen LogP contribution in [0.5, 0.6) is 5.75 Å². The average Bonchev–Trinajstić information content (AvgIpc) is 2.75. The molecule has 3 aromatic rings. The number of ether oxygens (including phenoxy) is 1. The van der Waals surface area contributed by atoms with E-state index in [1.807, 2.05) is 36.4 Å². The summed E-state index contributed by atoms with van der Waals surface area (Å²) < 4.78 is 6.00. The van der Waals surface area contributed by atoms with E-state index in [1.54, 1.807) is 0 Å². The van der Waals surface area contributed by atoms with Crippen LogP contribution in [-0.4, -0.2) is 0 Å². The lowest BCUT2D eigenvalue weighted by Gasteiger charge is -2.05. The van der Waals surface area contributed by atoms with Gasteiger partial charge in [0.15, 0.2) is 0 Å². The van der Waals surface area contributed by atoms with Crippen LogP contribution in [0.4, 0.5) is 5.69 Å². The molecule has 0 radical (unpaired) electrons. The molecule has 0 saturated carbocycles. The van der Waals surface area contributed by atoms with Crippen LogP contribution < -0.4 is 20.9 Å². The quantitative estimate of drug-likeness (QED) is 0.701. The second-order valence-corrected chi connectivity index (χ2v) is 5.71. The molecule has 1 heterocycles. The van der Waals surface area contributed by atoms with Crippen molar-refractivity contribution in [2.75, 3.05) is 5.73 Å². The van der Waals surface area contributed by atoms with Crippen LogP contribution in [0.1, 0.15) is 16.7 Å². The van der Waals surface area contributed by atoms with Crippen LogP contribution in [0.3, 0.4) is 0 Å². The van der Waals surface area contributed by atoms with Gasteiger partial charge in [-0.2, -0.15) is 0 Å². The fourth-order valence-electron chi connectivity index (χ4n) is 2.91. The summed E-state index contributed by atoms with van der Waals surface area (Å²) >= 11 is 0. The Morgan fingerprint density at radius 2 is 1.78 bits per heavy atom. The van der Waals surface area contributed by atoms with E-state index in [-0.39, 0.29) is 0 Å². The molecule has 1 aliphatic heterocycles. The summed E-state index contributed by atoms with van der Waals surface area (Å²) in [5, 5.41) is 2.24. The molecule has 0 amide bonds. The van der Waals surface area contributed by atoms with Gasteiger partial charge in [-0.3, -0.25) is 0 Å². The molecule has 4 rings (SSSR count). The van der Waals surface area contributed by atoms with E-state index in [2.05, 4.69) is 42.5 Å². The van der Waals surface area contributed by atoms with Crippen LogP contribution in [0.25, 0.3) is 12.2 Å². The predicted molar refractivity (Wildman–Crippen MR) is 94.5 cm³/mol. The summed E-state index contributed by atoms with van der Waals surface area (Å²) in [6.45, 7) is 0.599. The molecule has 112 valence electrons. The van der Waals surface area contributed by atoms with Crippen molar-refractivity contribution in [2.24, 2.45) is 0 Å². The van der Waals surface area contributed by atoms with Crippen molar-refractivity contribution in [1.82, 2.24) is 0 Å². The first-order valence-electron chi connectivity index (χ1n) is 7.68. The molecule has 0 aliphatic carbocycles. The number of fused-ring (bicyclic) bond motifs is 2. The average molecular weight is 299 g/mol. The summed E-state index contributed by atoms with van der Waals surface area (Å²) in [6.07, 6.45) is 4.35. The summed E-state index contributed by atoms with van der Waals surface area (Å²) in [5.41, 5.74) is 10.2. The van der Waals surface area contributed by atoms with E-state index in [0.717, 1.165) is 27.4 Å². The number of benzene rings is 3. The molecule has 0 atom stereocenters. The zero-order valence-electron chi connectivity index (χ0n) is 12.7. The molecule has 0 bridgehead atoms. The molecule has 2 N–H and O–H groups in total. The SMILES string of the molecule is Nc1cccc(/C=c2\cccc3c2=Cc2ccccc2CO3)c1. The van der Waals surface area contributed by atoms with E-state index in [4.69, 9.17) is 10.5 Å². The summed E-state index contributed by atoms with van der Waals surface area (Å²) in [5.74, 6) is 0.916. The minimum absolute atomic E-state index is 0.599. The number of hydrogen-bond acceptors (Lipinski definition) is 2. The van der Waals surface area contributed by atoms with Gasteiger partial charge in [-0.25, -0.2) is 0 Å². The number of nitrogens with two attached hydrogens (primary N) is 1. The second-order valence-electron chi connectivity index (χ2n) is 5.71. The van der Waals surface area contributed by atoms with Gasteiger partial charge < -0.3 is 10.5 Å². The molecule has 2 nitrogen and oxygen atoms in total. The van der Waals surface area contributed by atoms with E-state index in [9.17, 15) is 0 Å². The van der Waals surface area contributed by atoms with Gasteiger partial charge >= 0.3 is 0 Å².